The van der Waals surface area contributed by atoms with Gasteiger partial charge in [-0.05, 0) is 44.5 Å². The van der Waals surface area contributed by atoms with Crippen molar-refractivity contribution in [2.75, 3.05) is 18.5 Å². The first-order chi connectivity index (χ1) is 8.13. The largest absolute Gasteiger partial charge is 0.357 e. The average Bonchev–Trinajstić information content (AvgIpc) is 2.75. The van der Waals surface area contributed by atoms with Gasteiger partial charge in [-0.15, -0.1) is 0 Å². The van der Waals surface area contributed by atoms with Crippen LogP contribution in [0.3, 0.4) is 0 Å². The van der Waals surface area contributed by atoms with Crippen LogP contribution in [0.15, 0.2) is 18.5 Å². The van der Waals surface area contributed by atoms with Gasteiger partial charge in [-0.3, -0.25) is 0 Å². The van der Waals surface area contributed by atoms with E-state index in [-0.39, 0.29) is 0 Å². The third kappa shape index (κ3) is 2.24. The van der Waals surface area contributed by atoms with Crippen LogP contribution in [0.1, 0.15) is 18.9 Å². The highest BCUT2D eigenvalue weighted by Gasteiger charge is 2.13. The molecule has 0 aliphatic carbocycles. The van der Waals surface area contributed by atoms with Crippen LogP contribution in [-0.4, -0.2) is 34.2 Å². The quantitative estimate of drug-likeness (QED) is 0.862. The highest BCUT2D eigenvalue weighted by atomic mass is 15.4. The van der Waals surface area contributed by atoms with E-state index in [9.17, 15) is 0 Å². The van der Waals surface area contributed by atoms with Crippen molar-refractivity contribution in [3.63, 3.8) is 0 Å². The molecule has 0 saturated heterocycles. The minimum atomic E-state index is 0.384. The number of nitrogens with zero attached hydrogens (tertiary/aromatic N) is 4. The summed E-state index contributed by atoms with van der Waals surface area (Å²) < 4.78 is 1.86. The van der Waals surface area contributed by atoms with Crippen molar-refractivity contribution in [1.82, 2.24) is 14.6 Å². The molecule has 0 fully saturated rings. The van der Waals surface area contributed by atoms with Crippen molar-refractivity contribution < 1.29 is 0 Å². The van der Waals surface area contributed by atoms with E-state index in [1.54, 1.807) is 6.33 Å². The summed E-state index contributed by atoms with van der Waals surface area (Å²) in [7, 11) is 2.07. The van der Waals surface area contributed by atoms with Crippen LogP contribution in [-0.2, 0) is 0 Å². The highest BCUT2D eigenvalue weighted by Crippen LogP contribution is 2.19. The molecular formula is C12H19N5. The fourth-order valence-electron chi connectivity index (χ4n) is 1.95. The van der Waals surface area contributed by atoms with E-state index in [0.717, 1.165) is 17.9 Å². The molecule has 0 radical (unpaired) electrons. The van der Waals surface area contributed by atoms with E-state index in [1.165, 1.54) is 5.56 Å². The van der Waals surface area contributed by atoms with E-state index in [0.29, 0.717) is 12.6 Å². The van der Waals surface area contributed by atoms with Gasteiger partial charge in [0.05, 0.1) is 0 Å². The lowest BCUT2D eigenvalue weighted by Crippen LogP contribution is -2.32. The number of hydrogen-bond donors (Lipinski definition) is 1. The summed E-state index contributed by atoms with van der Waals surface area (Å²) in [5.41, 5.74) is 7.68. The molecule has 17 heavy (non-hydrogen) atoms. The Hall–Kier alpha value is -1.62. The number of anilines is 1. The van der Waals surface area contributed by atoms with Gasteiger partial charge in [0.25, 0.3) is 0 Å². The minimum Gasteiger partial charge on any atom is -0.357 e. The van der Waals surface area contributed by atoms with Crippen molar-refractivity contribution in [3.8, 4) is 0 Å². The molecule has 5 heteroatoms. The lowest BCUT2D eigenvalue weighted by atomic mass is 10.2. The lowest BCUT2D eigenvalue weighted by molar-refractivity contribution is 0.622. The molecule has 0 saturated carbocycles. The van der Waals surface area contributed by atoms with E-state index in [1.807, 2.05) is 10.6 Å². The smallest absolute Gasteiger partial charge is 0.157 e. The normalized spacial score (nSPS) is 12.9. The number of aromatic nitrogens is 3. The predicted molar refractivity (Wildman–Crippen MR) is 69.3 cm³/mol. The summed E-state index contributed by atoms with van der Waals surface area (Å²) in [5, 5.41) is 4.26. The average molecular weight is 233 g/mol. The van der Waals surface area contributed by atoms with Crippen LogP contribution < -0.4 is 10.6 Å². The van der Waals surface area contributed by atoms with Crippen molar-refractivity contribution >= 4 is 11.5 Å². The van der Waals surface area contributed by atoms with E-state index in [4.69, 9.17) is 5.73 Å². The monoisotopic (exact) mass is 233 g/mol. The van der Waals surface area contributed by atoms with E-state index < -0.39 is 0 Å². The number of fused-ring (bicyclic) bond motifs is 1. The Labute approximate surface area is 101 Å². The summed E-state index contributed by atoms with van der Waals surface area (Å²) in [4.78, 5) is 6.42. The van der Waals surface area contributed by atoms with Crippen LogP contribution in [0.25, 0.3) is 5.65 Å². The van der Waals surface area contributed by atoms with Gasteiger partial charge >= 0.3 is 0 Å². The number of pyridine rings is 1. The Bertz CT molecular complexity index is 505. The van der Waals surface area contributed by atoms with Crippen molar-refractivity contribution in [3.05, 3.63) is 24.0 Å². The minimum absolute atomic E-state index is 0.384. The molecule has 92 valence electrons. The molecule has 0 aliphatic heterocycles. The van der Waals surface area contributed by atoms with Gasteiger partial charge in [0.15, 0.2) is 5.65 Å². The molecule has 0 amide bonds. The molecule has 0 spiro atoms. The third-order valence-corrected chi connectivity index (χ3v) is 3.11. The number of hydrogen-bond acceptors (Lipinski definition) is 4. The first-order valence-corrected chi connectivity index (χ1v) is 5.86. The lowest BCUT2D eigenvalue weighted by Gasteiger charge is -2.27. The van der Waals surface area contributed by atoms with Crippen molar-refractivity contribution in [2.24, 2.45) is 5.73 Å². The zero-order valence-electron chi connectivity index (χ0n) is 10.6. The predicted octanol–water partition coefficient (Wildman–Crippen LogP) is 1.21. The second-order valence-electron chi connectivity index (χ2n) is 4.46. The Morgan fingerprint density at radius 3 is 2.94 bits per heavy atom. The molecule has 5 nitrogen and oxygen atoms in total. The van der Waals surface area contributed by atoms with Crippen LogP contribution in [0.4, 0.5) is 5.82 Å². The first-order valence-electron chi connectivity index (χ1n) is 5.86. The third-order valence-electron chi connectivity index (χ3n) is 3.11. The van der Waals surface area contributed by atoms with Gasteiger partial charge < -0.3 is 10.6 Å². The summed E-state index contributed by atoms with van der Waals surface area (Å²) in [6, 6.07) is 4.53. The Kier molecular flexibility index (Phi) is 3.28. The maximum Gasteiger partial charge on any atom is 0.157 e. The van der Waals surface area contributed by atoms with Gasteiger partial charge in [-0.1, -0.05) is 0 Å². The molecule has 2 N–H and O–H groups in total. The van der Waals surface area contributed by atoms with Crippen LogP contribution >= 0.6 is 0 Å². The molecule has 0 aliphatic rings. The highest BCUT2D eigenvalue weighted by molar-refractivity contribution is 5.52. The first kappa shape index (κ1) is 11.9. The summed E-state index contributed by atoms with van der Waals surface area (Å²) in [6.07, 6.45) is 2.54. The van der Waals surface area contributed by atoms with E-state index >= 15 is 0 Å². The van der Waals surface area contributed by atoms with Gasteiger partial charge in [0.2, 0.25) is 0 Å². The van der Waals surface area contributed by atoms with Crippen molar-refractivity contribution in [2.45, 2.75) is 26.3 Å². The number of aryl methyl sites for hydroxylation is 1. The standard InChI is InChI=1S/C12H19N5/c1-9-6-11-14-8-15-17(11)12(7-9)16(3)10(2)4-5-13/h6-8,10H,4-5,13H2,1-3H3. The van der Waals surface area contributed by atoms with E-state index in [2.05, 4.69) is 41.9 Å². The summed E-state index contributed by atoms with van der Waals surface area (Å²) in [5.74, 6) is 1.05. The summed E-state index contributed by atoms with van der Waals surface area (Å²) in [6.45, 7) is 4.93. The molecule has 2 rings (SSSR count). The van der Waals surface area contributed by atoms with Gasteiger partial charge in [0, 0.05) is 13.1 Å². The molecule has 1 atom stereocenters. The molecule has 2 aromatic rings. The van der Waals surface area contributed by atoms with Crippen LogP contribution in [0, 0.1) is 6.92 Å². The van der Waals surface area contributed by atoms with Gasteiger partial charge in [-0.25, -0.2) is 4.98 Å². The fourth-order valence-corrected chi connectivity index (χ4v) is 1.95. The fraction of sp³-hybridized carbons (Fsp3) is 0.500. The topological polar surface area (TPSA) is 59.5 Å². The van der Waals surface area contributed by atoms with Gasteiger partial charge in [-0.2, -0.15) is 9.61 Å². The van der Waals surface area contributed by atoms with Gasteiger partial charge in [0.1, 0.15) is 12.1 Å². The molecule has 2 heterocycles. The number of rotatable bonds is 4. The molecule has 0 bridgehead atoms. The van der Waals surface area contributed by atoms with Crippen LogP contribution in [0.2, 0.25) is 0 Å². The SMILES string of the molecule is Cc1cc(N(C)C(C)CCN)n2ncnc2c1. The second kappa shape index (κ2) is 4.71. The Morgan fingerprint density at radius 2 is 2.24 bits per heavy atom. The molecular weight excluding hydrogens is 214 g/mol. The Balaban J connectivity index is 2.43. The van der Waals surface area contributed by atoms with Crippen LogP contribution in [0.5, 0.6) is 0 Å². The summed E-state index contributed by atoms with van der Waals surface area (Å²) >= 11 is 0. The maximum absolute atomic E-state index is 5.61. The zero-order chi connectivity index (χ0) is 12.4. The maximum atomic E-state index is 5.61. The number of nitrogens with two attached hydrogens (primary N) is 1. The molecule has 1 unspecified atom stereocenters. The van der Waals surface area contributed by atoms with Crippen molar-refractivity contribution in [1.29, 1.82) is 0 Å². The molecule has 0 aromatic carbocycles. The molecule has 2 aromatic heterocycles. The second-order valence-corrected chi connectivity index (χ2v) is 4.46. The Morgan fingerprint density at radius 1 is 1.47 bits per heavy atom. The zero-order valence-corrected chi connectivity index (χ0v) is 10.6.